The van der Waals surface area contributed by atoms with Crippen LogP contribution in [0.15, 0.2) is 70.5 Å². The van der Waals surface area contributed by atoms with Crippen LogP contribution in [-0.2, 0) is 6.54 Å². The van der Waals surface area contributed by atoms with Gasteiger partial charge in [-0.3, -0.25) is 16.3 Å². The minimum atomic E-state index is 0.446. The minimum Gasteiger partial charge on any atom is -0.398 e. The minimum absolute atomic E-state index is 0.446. The molecular formula is C14H18N6. The van der Waals surface area contributed by atoms with Gasteiger partial charge in [-0.1, -0.05) is 42.5 Å². The first-order valence-electron chi connectivity index (χ1n) is 6.16. The molecule has 1 aromatic carbocycles. The standard InChI is InChI=1S/C14H18N6/c15-12-8-4-7-11(12)13(16)14(19-20-17)18-9-10-5-2-1-3-6-10/h1-8,20H,9,15-17H2,(H,18,19). The van der Waals surface area contributed by atoms with E-state index in [4.69, 9.17) is 17.3 Å². The van der Waals surface area contributed by atoms with Crippen molar-refractivity contribution in [1.82, 2.24) is 11.0 Å². The zero-order chi connectivity index (χ0) is 14.4. The van der Waals surface area contributed by atoms with E-state index in [-0.39, 0.29) is 0 Å². The molecule has 8 N–H and O–H groups in total. The van der Waals surface area contributed by atoms with Crippen LogP contribution in [-0.4, -0.2) is 5.84 Å². The van der Waals surface area contributed by atoms with Gasteiger partial charge < -0.3 is 11.5 Å². The maximum atomic E-state index is 6.08. The molecule has 0 amide bonds. The Kier molecular flexibility index (Phi) is 4.54. The number of nitrogens with zero attached hydrogens (tertiary/aromatic N) is 1. The van der Waals surface area contributed by atoms with Gasteiger partial charge >= 0.3 is 0 Å². The summed E-state index contributed by atoms with van der Waals surface area (Å²) in [6.45, 7) is 0.492. The van der Waals surface area contributed by atoms with Gasteiger partial charge in [0, 0.05) is 11.3 Å². The molecule has 1 aliphatic rings. The van der Waals surface area contributed by atoms with Gasteiger partial charge in [-0.2, -0.15) is 5.53 Å². The summed E-state index contributed by atoms with van der Waals surface area (Å²) in [5.41, 5.74) is 19.9. The molecule has 0 unspecified atom stereocenters. The second-order valence-corrected chi connectivity index (χ2v) is 4.23. The quantitative estimate of drug-likeness (QED) is 0.232. The summed E-state index contributed by atoms with van der Waals surface area (Å²) in [5.74, 6) is 5.74. The fourth-order valence-corrected chi connectivity index (χ4v) is 1.82. The van der Waals surface area contributed by atoms with Crippen molar-refractivity contribution in [2.75, 3.05) is 0 Å². The molecule has 6 nitrogen and oxygen atoms in total. The maximum absolute atomic E-state index is 6.08. The molecule has 0 spiro atoms. The van der Waals surface area contributed by atoms with E-state index in [2.05, 4.69) is 16.0 Å². The molecule has 0 saturated heterocycles. The van der Waals surface area contributed by atoms with Crippen molar-refractivity contribution in [2.45, 2.75) is 6.54 Å². The molecule has 0 heterocycles. The molecule has 1 aliphatic carbocycles. The maximum Gasteiger partial charge on any atom is 0.161 e. The van der Waals surface area contributed by atoms with E-state index < -0.39 is 0 Å². The lowest BCUT2D eigenvalue weighted by atomic mass is 10.1. The third-order valence-corrected chi connectivity index (χ3v) is 2.85. The number of benzene rings is 1. The molecule has 6 heteroatoms. The first-order valence-corrected chi connectivity index (χ1v) is 6.16. The third kappa shape index (κ3) is 3.25. The van der Waals surface area contributed by atoms with E-state index in [0.29, 0.717) is 23.8 Å². The van der Waals surface area contributed by atoms with Crippen LogP contribution in [0.2, 0.25) is 0 Å². The summed E-state index contributed by atoms with van der Waals surface area (Å²) < 4.78 is 0. The summed E-state index contributed by atoms with van der Waals surface area (Å²) >= 11 is 0. The lowest BCUT2D eigenvalue weighted by Crippen LogP contribution is -2.44. The predicted octanol–water partition coefficient (Wildman–Crippen LogP) is 0.178. The Morgan fingerprint density at radius 3 is 2.55 bits per heavy atom. The summed E-state index contributed by atoms with van der Waals surface area (Å²) in [6.07, 6.45) is 5.45. The van der Waals surface area contributed by atoms with Gasteiger partial charge in [0.25, 0.3) is 0 Å². The molecule has 1 aromatic rings. The molecule has 104 valence electrons. The van der Waals surface area contributed by atoms with E-state index in [9.17, 15) is 0 Å². The first-order chi connectivity index (χ1) is 9.72. The van der Waals surface area contributed by atoms with Crippen molar-refractivity contribution in [3.05, 3.63) is 71.1 Å². The van der Waals surface area contributed by atoms with Gasteiger partial charge in [-0.15, -0.1) is 0 Å². The normalized spacial score (nSPS) is 17.1. The molecular weight excluding hydrogens is 252 g/mol. The molecule has 0 atom stereocenters. The predicted molar refractivity (Wildman–Crippen MR) is 80.7 cm³/mol. The molecule has 0 aliphatic heterocycles. The van der Waals surface area contributed by atoms with E-state index >= 15 is 0 Å². The Balaban J connectivity index is 2.23. The second-order valence-electron chi connectivity index (χ2n) is 4.23. The SMILES string of the molecule is NNNC(=NCc1ccccc1)C(N)=C1C=CC=C1N. The van der Waals surface area contributed by atoms with Crippen molar-refractivity contribution < 1.29 is 0 Å². The van der Waals surface area contributed by atoms with Gasteiger partial charge in [0.05, 0.1) is 12.2 Å². The van der Waals surface area contributed by atoms with E-state index in [0.717, 1.165) is 11.1 Å². The largest absolute Gasteiger partial charge is 0.398 e. The molecule has 0 radical (unpaired) electrons. The number of aliphatic imine (C=N–C) groups is 1. The number of nitrogens with two attached hydrogens (primary N) is 3. The third-order valence-electron chi connectivity index (χ3n) is 2.85. The highest BCUT2D eigenvalue weighted by Gasteiger charge is 2.12. The molecule has 2 rings (SSSR count). The molecule has 0 aromatic heterocycles. The van der Waals surface area contributed by atoms with Crippen LogP contribution in [0.25, 0.3) is 0 Å². The molecule has 20 heavy (non-hydrogen) atoms. The number of hydrazine groups is 2. The van der Waals surface area contributed by atoms with Crippen LogP contribution in [0, 0.1) is 0 Å². The number of nitrogens with one attached hydrogen (secondary N) is 2. The van der Waals surface area contributed by atoms with Gasteiger partial charge in [-0.05, 0) is 11.6 Å². The second kappa shape index (κ2) is 6.55. The van der Waals surface area contributed by atoms with Crippen molar-refractivity contribution in [1.29, 1.82) is 0 Å². The zero-order valence-electron chi connectivity index (χ0n) is 11.0. The van der Waals surface area contributed by atoms with Crippen LogP contribution in [0.1, 0.15) is 5.56 Å². The Morgan fingerprint density at radius 2 is 1.95 bits per heavy atom. The van der Waals surface area contributed by atoms with Crippen LogP contribution < -0.4 is 28.3 Å². The summed E-state index contributed by atoms with van der Waals surface area (Å²) in [7, 11) is 0. The monoisotopic (exact) mass is 270 g/mol. The highest BCUT2D eigenvalue weighted by atomic mass is 15.5. The molecule has 0 fully saturated rings. The van der Waals surface area contributed by atoms with Crippen molar-refractivity contribution >= 4 is 5.84 Å². The average molecular weight is 270 g/mol. The smallest absolute Gasteiger partial charge is 0.161 e. The van der Waals surface area contributed by atoms with Gasteiger partial charge in [0.2, 0.25) is 0 Å². The lowest BCUT2D eigenvalue weighted by molar-refractivity contribution is 0.690. The number of allylic oxidation sites excluding steroid dienone is 3. The van der Waals surface area contributed by atoms with Gasteiger partial charge in [0.15, 0.2) is 5.84 Å². The van der Waals surface area contributed by atoms with Crippen LogP contribution in [0.5, 0.6) is 0 Å². The van der Waals surface area contributed by atoms with Crippen LogP contribution in [0.4, 0.5) is 0 Å². The topological polar surface area (TPSA) is 114 Å². The van der Waals surface area contributed by atoms with E-state index in [1.807, 2.05) is 42.5 Å². The average Bonchev–Trinajstić information content (AvgIpc) is 2.90. The van der Waals surface area contributed by atoms with Crippen molar-refractivity contribution in [3.8, 4) is 0 Å². The summed E-state index contributed by atoms with van der Waals surface area (Å²) in [6, 6.07) is 9.86. The van der Waals surface area contributed by atoms with Crippen molar-refractivity contribution in [3.63, 3.8) is 0 Å². The first kappa shape index (κ1) is 13.9. The molecule has 0 bridgehead atoms. The van der Waals surface area contributed by atoms with Crippen LogP contribution in [0.3, 0.4) is 0 Å². The van der Waals surface area contributed by atoms with Crippen LogP contribution >= 0.6 is 0 Å². The summed E-state index contributed by atoms with van der Waals surface area (Å²) in [4.78, 5) is 4.43. The highest BCUT2D eigenvalue weighted by Crippen LogP contribution is 2.16. The van der Waals surface area contributed by atoms with Crippen molar-refractivity contribution in [2.24, 2.45) is 22.3 Å². The van der Waals surface area contributed by atoms with E-state index in [1.165, 1.54) is 0 Å². The Morgan fingerprint density at radius 1 is 1.20 bits per heavy atom. The lowest BCUT2D eigenvalue weighted by Gasteiger charge is -2.12. The van der Waals surface area contributed by atoms with E-state index in [1.54, 1.807) is 6.08 Å². The van der Waals surface area contributed by atoms with Gasteiger partial charge in [0.1, 0.15) is 0 Å². The Bertz CT molecular complexity index is 583. The Labute approximate surface area is 117 Å². The Hall–Kier alpha value is -2.57. The number of hydrogen-bond donors (Lipinski definition) is 5. The summed E-state index contributed by atoms with van der Waals surface area (Å²) in [5, 5.41) is 0. The number of rotatable bonds is 4. The zero-order valence-corrected chi connectivity index (χ0v) is 11.0. The molecule has 0 saturated carbocycles. The number of amidine groups is 1. The fourth-order valence-electron chi connectivity index (χ4n) is 1.82. The number of hydrogen-bond acceptors (Lipinski definition) is 5. The highest BCUT2D eigenvalue weighted by molar-refractivity contribution is 5.99. The van der Waals surface area contributed by atoms with Gasteiger partial charge in [-0.25, -0.2) is 0 Å². The fraction of sp³-hybridized carbons (Fsp3) is 0.0714.